The Morgan fingerprint density at radius 2 is 1.58 bits per heavy atom. The Balaban J connectivity index is 2.44. The Labute approximate surface area is 112 Å². The fraction of sp³-hybridized carbons (Fsp3) is 0. The highest BCUT2D eigenvalue weighted by molar-refractivity contribution is 9.10. The van der Waals surface area contributed by atoms with Crippen LogP contribution in [0.5, 0.6) is 11.6 Å². The van der Waals surface area contributed by atoms with Crippen molar-refractivity contribution in [2.75, 3.05) is 0 Å². The number of rotatable bonds is 2. The fourth-order valence-electron chi connectivity index (χ4n) is 1.21. The lowest BCUT2D eigenvalue weighted by Gasteiger charge is -2.08. The first-order chi connectivity index (χ1) is 8.88. The SMILES string of the molecule is Fc1cc(F)c(Oc2cc(Br)cc(F)c2F)nc1F. The quantitative estimate of drug-likeness (QED) is 0.461. The average Bonchev–Trinajstić information content (AvgIpc) is 2.32. The van der Waals surface area contributed by atoms with E-state index in [-0.39, 0.29) is 10.5 Å². The Morgan fingerprint density at radius 3 is 2.26 bits per heavy atom. The number of pyridine rings is 1. The molecule has 0 atom stereocenters. The maximum Gasteiger partial charge on any atom is 0.258 e. The molecule has 8 heteroatoms. The van der Waals surface area contributed by atoms with Gasteiger partial charge >= 0.3 is 0 Å². The first kappa shape index (κ1) is 13.7. The van der Waals surface area contributed by atoms with Crippen molar-refractivity contribution in [3.63, 3.8) is 0 Å². The van der Waals surface area contributed by atoms with Crippen LogP contribution in [0, 0.1) is 29.2 Å². The van der Waals surface area contributed by atoms with E-state index in [2.05, 4.69) is 25.7 Å². The van der Waals surface area contributed by atoms with Gasteiger partial charge in [-0.15, -0.1) is 0 Å². The van der Waals surface area contributed by atoms with Crippen molar-refractivity contribution in [3.05, 3.63) is 51.9 Å². The first-order valence-corrected chi connectivity index (χ1v) is 5.51. The molecule has 0 aliphatic heterocycles. The van der Waals surface area contributed by atoms with E-state index in [1.54, 1.807) is 0 Å². The van der Waals surface area contributed by atoms with E-state index >= 15 is 0 Å². The Bertz CT molecular complexity index is 649. The van der Waals surface area contributed by atoms with E-state index < -0.39 is 40.8 Å². The molecular weight excluding hydrogens is 337 g/mol. The monoisotopic (exact) mass is 339 g/mol. The Morgan fingerprint density at radius 1 is 0.895 bits per heavy atom. The van der Waals surface area contributed by atoms with Crippen LogP contribution in [0.1, 0.15) is 0 Å². The molecule has 1 aromatic carbocycles. The van der Waals surface area contributed by atoms with E-state index in [0.717, 1.165) is 12.1 Å². The smallest absolute Gasteiger partial charge is 0.258 e. The largest absolute Gasteiger partial charge is 0.433 e. The number of ether oxygens (including phenoxy) is 1. The third-order valence-corrected chi connectivity index (χ3v) is 2.48. The van der Waals surface area contributed by atoms with Gasteiger partial charge in [-0.05, 0) is 12.1 Å². The third-order valence-electron chi connectivity index (χ3n) is 2.02. The minimum atomic E-state index is -1.62. The van der Waals surface area contributed by atoms with Crippen LogP contribution in [-0.2, 0) is 0 Å². The molecule has 0 saturated heterocycles. The Hall–Kier alpha value is -1.70. The molecule has 0 unspecified atom stereocenters. The van der Waals surface area contributed by atoms with E-state index in [1.165, 1.54) is 0 Å². The third kappa shape index (κ3) is 2.83. The zero-order valence-corrected chi connectivity index (χ0v) is 10.4. The van der Waals surface area contributed by atoms with Gasteiger partial charge in [-0.2, -0.15) is 13.8 Å². The molecule has 0 amide bonds. The van der Waals surface area contributed by atoms with Gasteiger partial charge in [0.2, 0.25) is 5.82 Å². The molecule has 0 aliphatic carbocycles. The molecule has 2 rings (SSSR count). The van der Waals surface area contributed by atoms with Crippen LogP contribution in [0.25, 0.3) is 0 Å². The lowest BCUT2D eigenvalue weighted by molar-refractivity contribution is 0.363. The highest BCUT2D eigenvalue weighted by Crippen LogP contribution is 2.30. The minimum Gasteiger partial charge on any atom is -0.433 e. The van der Waals surface area contributed by atoms with E-state index in [0.29, 0.717) is 0 Å². The van der Waals surface area contributed by atoms with Crippen molar-refractivity contribution in [1.29, 1.82) is 0 Å². The highest BCUT2D eigenvalue weighted by atomic mass is 79.9. The van der Waals surface area contributed by atoms with Crippen LogP contribution >= 0.6 is 15.9 Å². The molecule has 1 heterocycles. The van der Waals surface area contributed by atoms with Gasteiger partial charge in [-0.25, -0.2) is 13.2 Å². The molecule has 19 heavy (non-hydrogen) atoms. The zero-order chi connectivity index (χ0) is 14.2. The van der Waals surface area contributed by atoms with E-state index in [4.69, 9.17) is 0 Å². The number of hydrogen-bond donors (Lipinski definition) is 0. The van der Waals surface area contributed by atoms with Gasteiger partial charge in [-0.3, -0.25) is 0 Å². The summed E-state index contributed by atoms with van der Waals surface area (Å²) in [5, 5.41) is 0. The number of aromatic nitrogens is 1. The number of halogens is 6. The van der Waals surface area contributed by atoms with Crippen molar-refractivity contribution in [3.8, 4) is 11.6 Å². The van der Waals surface area contributed by atoms with Gasteiger partial charge in [-0.1, -0.05) is 15.9 Å². The van der Waals surface area contributed by atoms with Gasteiger partial charge in [0.25, 0.3) is 11.8 Å². The summed E-state index contributed by atoms with van der Waals surface area (Å²) in [6.45, 7) is 0. The summed E-state index contributed by atoms with van der Waals surface area (Å²) < 4.78 is 69.8. The molecule has 2 aromatic rings. The molecule has 0 aliphatic rings. The number of nitrogens with zero attached hydrogens (tertiary/aromatic N) is 1. The zero-order valence-electron chi connectivity index (χ0n) is 8.86. The molecule has 0 N–H and O–H groups in total. The first-order valence-electron chi connectivity index (χ1n) is 4.72. The number of benzene rings is 1. The Kier molecular flexibility index (Phi) is 3.70. The molecule has 1 aromatic heterocycles. The predicted molar refractivity (Wildman–Crippen MR) is 58.2 cm³/mol. The van der Waals surface area contributed by atoms with Crippen molar-refractivity contribution in [2.24, 2.45) is 0 Å². The second-order valence-electron chi connectivity index (χ2n) is 3.35. The maximum absolute atomic E-state index is 13.3. The van der Waals surface area contributed by atoms with Gasteiger partial charge in [0, 0.05) is 10.5 Å². The number of hydrogen-bond acceptors (Lipinski definition) is 2. The lowest BCUT2D eigenvalue weighted by Crippen LogP contribution is -2.00. The van der Waals surface area contributed by atoms with Gasteiger partial charge in [0.15, 0.2) is 23.2 Å². The van der Waals surface area contributed by atoms with Gasteiger partial charge in [0.05, 0.1) is 0 Å². The van der Waals surface area contributed by atoms with Crippen molar-refractivity contribution < 1.29 is 26.7 Å². The standard InChI is InChI=1S/C11H3BrF5NO/c12-4-1-5(13)9(16)8(2-4)19-11-7(15)3-6(14)10(17)18-11/h1-3H. The van der Waals surface area contributed by atoms with Crippen LogP contribution in [0.4, 0.5) is 22.0 Å². The predicted octanol–water partition coefficient (Wildman–Crippen LogP) is 4.33. The maximum atomic E-state index is 13.3. The second-order valence-corrected chi connectivity index (χ2v) is 4.27. The average molecular weight is 340 g/mol. The van der Waals surface area contributed by atoms with Crippen molar-refractivity contribution in [1.82, 2.24) is 4.98 Å². The van der Waals surface area contributed by atoms with Crippen LogP contribution in [0.15, 0.2) is 22.7 Å². The summed E-state index contributed by atoms with van der Waals surface area (Å²) >= 11 is 2.87. The molecule has 0 radical (unpaired) electrons. The molecule has 0 saturated carbocycles. The van der Waals surface area contributed by atoms with Crippen LogP contribution in [0.2, 0.25) is 0 Å². The van der Waals surface area contributed by atoms with Crippen molar-refractivity contribution in [2.45, 2.75) is 0 Å². The molecule has 2 nitrogen and oxygen atoms in total. The normalized spacial score (nSPS) is 10.6. The summed E-state index contributed by atoms with van der Waals surface area (Å²) in [5.41, 5.74) is 0. The summed E-state index contributed by atoms with van der Waals surface area (Å²) in [4.78, 5) is 2.82. The highest BCUT2D eigenvalue weighted by Gasteiger charge is 2.17. The molecule has 0 bridgehead atoms. The molecule has 100 valence electrons. The topological polar surface area (TPSA) is 22.1 Å². The summed E-state index contributed by atoms with van der Waals surface area (Å²) in [7, 11) is 0. The van der Waals surface area contributed by atoms with E-state index in [1.807, 2.05) is 0 Å². The molecule has 0 spiro atoms. The molecule has 0 fully saturated rings. The fourth-order valence-corrected chi connectivity index (χ4v) is 1.62. The van der Waals surface area contributed by atoms with Crippen LogP contribution < -0.4 is 4.74 Å². The molecular formula is C11H3BrF5NO. The summed E-state index contributed by atoms with van der Waals surface area (Å²) in [6.07, 6.45) is 0. The summed E-state index contributed by atoms with van der Waals surface area (Å²) in [6, 6.07) is 1.99. The lowest BCUT2D eigenvalue weighted by atomic mass is 10.3. The summed E-state index contributed by atoms with van der Waals surface area (Å²) in [5.74, 6) is -8.88. The van der Waals surface area contributed by atoms with Crippen LogP contribution in [-0.4, -0.2) is 4.98 Å². The van der Waals surface area contributed by atoms with Gasteiger partial charge < -0.3 is 4.74 Å². The van der Waals surface area contributed by atoms with E-state index in [9.17, 15) is 22.0 Å². The van der Waals surface area contributed by atoms with Gasteiger partial charge in [0.1, 0.15) is 0 Å². The van der Waals surface area contributed by atoms with Crippen molar-refractivity contribution >= 4 is 15.9 Å². The van der Waals surface area contributed by atoms with Crippen LogP contribution in [0.3, 0.4) is 0 Å². The minimum absolute atomic E-state index is 0.115. The second kappa shape index (κ2) is 5.12.